The van der Waals surface area contributed by atoms with Crippen molar-refractivity contribution in [1.29, 1.82) is 0 Å². The van der Waals surface area contributed by atoms with Gasteiger partial charge in [-0.25, -0.2) is 0 Å². The zero-order chi connectivity index (χ0) is 15.6. The van der Waals surface area contributed by atoms with E-state index in [-0.39, 0.29) is 0 Å². The first-order valence-corrected chi connectivity index (χ1v) is 9.38. The van der Waals surface area contributed by atoms with Gasteiger partial charge < -0.3 is 0 Å². The van der Waals surface area contributed by atoms with Gasteiger partial charge in [0.2, 0.25) is 0 Å². The van der Waals surface area contributed by atoms with Gasteiger partial charge in [0.05, 0.1) is 4.88 Å². The molecule has 3 heteroatoms. The van der Waals surface area contributed by atoms with E-state index in [1.54, 1.807) is 22.7 Å². The van der Waals surface area contributed by atoms with E-state index in [1.165, 1.54) is 20.9 Å². The molecule has 0 atom stereocenters. The second-order valence-corrected chi connectivity index (χ2v) is 7.76. The first-order valence-electron chi connectivity index (χ1n) is 7.31. The smallest absolute Gasteiger partial charge is 0.101 e. The van der Waals surface area contributed by atoms with E-state index in [4.69, 9.17) is 11.6 Å². The first kappa shape index (κ1) is 14.7. The lowest BCUT2D eigenvalue weighted by Gasteiger charge is -2.01. The monoisotopic (exact) mass is 352 g/mol. The first-order chi connectivity index (χ1) is 11.3. The summed E-state index contributed by atoms with van der Waals surface area (Å²) in [5.74, 6) is 0. The van der Waals surface area contributed by atoms with Gasteiger partial charge >= 0.3 is 0 Å². The van der Waals surface area contributed by atoms with Crippen LogP contribution >= 0.6 is 34.3 Å². The van der Waals surface area contributed by atoms with E-state index in [2.05, 4.69) is 53.9 Å². The lowest BCUT2D eigenvalue weighted by Crippen LogP contribution is -1.76. The van der Waals surface area contributed by atoms with Gasteiger partial charge in [-0.2, -0.15) is 0 Å². The molecule has 0 unspecified atom stereocenters. The highest BCUT2D eigenvalue weighted by molar-refractivity contribution is 7.24. The van der Waals surface area contributed by atoms with Crippen LogP contribution in [0.4, 0.5) is 0 Å². The van der Waals surface area contributed by atoms with Crippen molar-refractivity contribution in [3.05, 3.63) is 82.5 Å². The Morgan fingerprint density at radius 1 is 0.696 bits per heavy atom. The SMILES string of the molecule is Clc1sc(-c2sccc2-c2ccccc2)cc1-c1ccccc1. The van der Waals surface area contributed by atoms with Crippen molar-refractivity contribution in [2.45, 2.75) is 0 Å². The molecule has 23 heavy (non-hydrogen) atoms. The number of rotatable bonds is 3. The van der Waals surface area contributed by atoms with Crippen LogP contribution in [-0.4, -0.2) is 0 Å². The summed E-state index contributed by atoms with van der Waals surface area (Å²) in [6.45, 7) is 0. The van der Waals surface area contributed by atoms with Crippen LogP contribution in [0.2, 0.25) is 4.34 Å². The van der Waals surface area contributed by atoms with Crippen LogP contribution in [0.1, 0.15) is 0 Å². The maximum Gasteiger partial charge on any atom is 0.101 e. The van der Waals surface area contributed by atoms with Crippen LogP contribution in [0.3, 0.4) is 0 Å². The summed E-state index contributed by atoms with van der Waals surface area (Å²) in [5, 5.41) is 2.15. The zero-order valence-corrected chi connectivity index (χ0v) is 14.6. The molecule has 2 aromatic carbocycles. The topological polar surface area (TPSA) is 0 Å². The third kappa shape index (κ3) is 2.86. The summed E-state index contributed by atoms with van der Waals surface area (Å²) in [6.07, 6.45) is 0. The number of hydrogen-bond acceptors (Lipinski definition) is 2. The maximum absolute atomic E-state index is 6.52. The van der Waals surface area contributed by atoms with Crippen molar-refractivity contribution < 1.29 is 0 Å². The van der Waals surface area contributed by atoms with E-state index in [0.29, 0.717) is 0 Å². The van der Waals surface area contributed by atoms with Crippen molar-refractivity contribution in [2.24, 2.45) is 0 Å². The minimum atomic E-state index is 0.846. The summed E-state index contributed by atoms with van der Waals surface area (Å²) in [5.41, 5.74) is 4.79. The summed E-state index contributed by atoms with van der Waals surface area (Å²) in [6, 6.07) is 25.2. The Bertz CT molecular complexity index is 921. The molecule has 2 aromatic heterocycles. The normalized spacial score (nSPS) is 10.8. The molecule has 0 fully saturated rings. The molecular weight excluding hydrogens is 340 g/mol. The van der Waals surface area contributed by atoms with Crippen LogP contribution < -0.4 is 0 Å². The standard InChI is InChI=1S/C20H13ClS2/c21-20-17(15-9-5-2-6-10-15)13-18(23-20)19-16(11-12-22-19)14-7-3-1-4-8-14/h1-13H. The van der Waals surface area contributed by atoms with Crippen molar-refractivity contribution in [3.63, 3.8) is 0 Å². The number of halogens is 1. The summed E-state index contributed by atoms with van der Waals surface area (Å²) in [4.78, 5) is 2.51. The highest BCUT2D eigenvalue weighted by Crippen LogP contribution is 2.45. The van der Waals surface area contributed by atoms with Crippen LogP contribution in [-0.2, 0) is 0 Å². The Morgan fingerprint density at radius 3 is 1.96 bits per heavy atom. The predicted molar refractivity (Wildman–Crippen MR) is 104 cm³/mol. The lowest BCUT2D eigenvalue weighted by molar-refractivity contribution is 1.67. The molecule has 0 amide bonds. The Morgan fingerprint density at radius 2 is 1.30 bits per heavy atom. The largest absolute Gasteiger partial charge is 0.142 e. The van der Waals surface area contributed by atoms with E-state index in [0.717, 1.165) is 15.5 Å². The fourth-order valence-corrected chi connectivity index (χ4v) is 5.01. The minimum absolute atomic E-state index is 0.846. The quantitative estimate of drug-likeness (QED) is 0.359. The Labute approximate surface area is 148 Å². The number of hydrogen-bond donors (Lipinski definition) is 0. The molecule has 2 heterocycles. The van der Waals surface area contributed by atoms with Crippen molar-refractivity contribution >= 4 is 34.3 Å². The average molecular weight is 353 g/mol. The maximum atomic E-state index is 6.52. The second kappa shape index (κ2) is 6.32. The second-order valence-electron chi connectivity index (χ2n) is 5.19. The number of thiophene rings is 2. The Kier molecular flexibility index (Phi) is 4.04. The minimum Gasteiger partial charge on any atom is -0.142 e. The summed E-state index contributed by atoms with van der Waals surface area (Å²) in [7, 11) is 0. The molecule has 0 nitrogen and oxygen atoms in total. The molecule has 0 spiro atoms. The highest BCUT2D eigenvalue weighted by atomic mass is 35.5. The zero-order valence-electron chi connectivity index (χ0n) is 12.2. The van der Waals surface area contributed by atoms with Gasteiger partial charge in [-0.05, 0) is 28.6 Å². The third-order valence-corrected chi connectivity index (χ3v) is 6.20. The van der Waals surface area contributed by atoms with Crippen molar-refractivity contribution in [2.75, 3.05) is 0 Å². The van der Waals surface area contributed by atoms with E-state index in [1.807, 2.05) is 24.3 Å². The third-order valence-electron chi connectivity index (χ3n) is 3.75. The fourth-order valence-electron chi connectivity index (χ4n) is 2.64. The Hall–Kier alpha value is -1.87. The summed E-state index contributed by atoms with van der Waals surface area (Å²) < 4.78 is 0.846. The van der Waals surface area contributed by atoms with Crippen LogP contribution in [0.5, 0.6) is 0 Å². The van der Waals surface area contributed by atoms with Crippen molar-refractivity contribution in [3.8, 4) is 32.0 Å². The summed E-state index contributed by atoms with van der Waals surface area (Å²) >= 11 is 9.94. The van der Waals surface area contributed by atoms with E-state index < -0.39 is 0 Å². The van der Waals surface area contributed by atoms with Gasteiger partial charge in [-0.15, -0.1) is 22.7 Å². The predicted octanol–water partition coefficient (Wildman–Crippen LogP) is 7.46. The molecule has 0 bridgehead atoms. The van der Waals surface area contributed by atoms with Gasteiger partial charge in [0.25, 0.3) is 0 Å². The molecule has 0 saturated carbocycles. The van der Waals surface area contributed by atoms with Gasteiger partial charge in [0.1, 0.15) is 4.34 Å². The highest BCUT2D eigenvalue weighted by Gasteiger charge is 2.15. The molecule has 4 aromatic rings. The molecule has 0 N–H and O–H groups in total. The van der Waals surface area contributed by atoms with Gasteiger partial charge in [0, 0.05) is 16.0 Å². The number of benzene rings is 2. The molecular formula is C20H13ClS2. The lowest BCUT2D eigenvalue weighted by atomic mass is 10.1. The van der Waals surface area contributed by atoms with Crippen LogP contribution in [0, 0.1) is 0 Å². The molecule has 112 valence electrons. The van der Waals surface area contributed by atoms with E-state index in [9.17, 15) is 0 Å². The molecule has 0 saturated heterocycles. The molecule has 0 aliphatic rings. The van der Waals surface area contributed by atoms with Crippen LogP contribution in [0.15, 0.2) is 78.2 Å². The average Bonchev–Trinajstić information content (AvgIpc) is 3.23. The fraction of sp³-hybridized carbons (Fsp3) is 0. The van der Waals surface area contributed by atoms with Gasteiger partial charge in [-0.3, -0.25) is 0 Å². The Balaban J connectivity index is 1.81. The van der Waals surface area contributed by atoms with Crippen LogP contribution in [0.25, 0.3) is 32.0 Å². The molecule has 4 rings (SSSR count). The van der Waals surface area contributed by atoms with Gasteiger partial charge in [-0.1, -0.05) is 72.3 Å². The molecule has 0 aliphatic carbocycles. The molecule has 0 radical (unpaired) electrons. The van der Waals surface area contributed by atoms with Gasteiger partial charge in [0.15, 0.2) is 0 Å². The van der Waals surface area contributed by atoms with Crippen molar-refractivity contribution in [1.82, 2.24) is 0 Å². The van der Waals surface area contributed by atoms with E-state index >= 15 is 0 Å². The molecule has 0 aliphatic heterocycles.